The van der Waals surface area contributed by atoms with E-state index in [4.69, 9.17) is 15.2 Å². The minimum atomic E-state index is -0.442. The standard InChI is InChI=1S/C16H16N2O4S/c1-3-21-16(20)14-13(8(2)23-15(14)17)9-4-5-11-10(6-9)18-12(19)7-22-11/h4-6H,3,7,17H2,1-2H3,(H,18,19). The third-order valence-corrected chi connectivity index (χ3v) is 4.43. The van der Waals surface area contributed by atoms with E-state index in [1.54, 1.807) is 19.1 Å². The van der Waals surface area contributed by atoms with Gasteiger partial charge in [0.2, 0.25) is 0 Å². The maximum absolute atomic E-state index is 12.2. The van der Waals surface area contributed by atoms with Crippen LogP contribution in [0.15, 0.2) is 18.2 Å². The quantitative estimate of drug-likeness (QED) is 0.844. The second kappa shape index (κ2) is 5.92. The van der Waals surface area contributed by atoms with Gasteiger partial charge in [0.1, 0.15) is 16.3 Å². The van der Waals surface area contributed by atoms with E-state index in [9.17, 15) is 9.59 Å². The summed E-state index contributed by atoms with van der Waals surface area (Å²) in [5.41, 5.74) is 8.46. The lowest BCUT2D eigenvalue weighted by atomic mass is 10.0. The average Bonchev–Trinajstić information content (AvgIpc) is 2.81. The minimum Gasteiger partial charge on any atom is -0.482 e. The van der Waals surface area contributed by atoms with E-state index in [-0.39, 0.29) is 19.1 Å². The predicted molar refractivity (Wildman–Crippen MR) is 89.0 cm³/mol. The summed E-state index contributed by atoms with van der Waals surface area (Å²) < 4.78 is 10.5. The van der Waals surface area contributed by atoms with E-state index in [2.05, 4.69) is 5.32 Å². The molecule has 1 aliphatic rings. The Labute approximate surface area is 137 Å². The van der Waals surface area contributed by atoms with Crippen LogP contribution in [0.1, 0.15) is 22.2 Å². The third kappa shape index (κ3) is 2.75. The largest absolute Gasteiger partial charge is 0.482 e. The summed E-state index contributed by atoms with van der Waals surface area (Å²) >= 11 is 1.34. The number of nitrogens with one attached hydrogen (secondary N) is 1. The lowest BCUT2D eigenvalue weighted by Crippen LogP contribution is -2.25. The molecular weight excluding hydrogens is 316 g/mol. The molecule has 6 nitrogen and oxygen atoms in total. The molecule has 1 aliphatic heterocycles. The summed E-state index contributed by atoms with van der Waals surface area (Å²) in [6, 6.07) is 5.39. The average molecular weight is 332 g/mol. The number of benzene rings is 1. The minimum absolute atomic E-state index is 0.00481. The molecule has 0 fully saturated rings. The molecule has 1 aromatic carbocycles. The van der Waals surface area contributed by atoms with E-state index in [0.29, 0.717) is 22.0 Å². The Morgan fingerprint density at radius 2 is 2.26 bits per heavy atom. The van der Waals surface area contributed by atoms with Crippen molar-refractivity contribution in [2.24, 2.45) is 0 Å². The molecule has 2 aromatic rings. The number of amides is 1. The SMILES string of the molecule is CCOC(=O)c1c(N)sc(C)c1-c1ccc2c(c1)NC(=O)CO2. The first-order valence-electron chi connectivity index (χ1n) is 7.14. The van der Waals surface area contributed by atoms with Crippen LogP contribution in [0.2, 0.25) is 0 Å². The molecule has 1 amide bonds. The molecule has 0 saturated heterocycles. The number of fused-ring (bicyclic) bond motifs is 1. The van der Waals surface area contributed by atoms with Crippen molar-refractivity contribution in [1.82, 2.24) is 0 Å². The van der Waals surface area contributed by atoms with Crippen LogP contribution in [0.25, 0.3) is 11.1 Å². The molecule has 0 atom stereocenters. The van der Waals surface area contributed by atoms with Crippen LogP contribution in [0.4, 0.5) is 10.7 Å². The molecule has 0 aliphatic carbocycles. The molecule has 0 bridgehead atoms. The van der Waals surface area contributed by atoms with Gasteiger partial charge in [-0.05, 0) is 31.5 Å². The van der Waals surface area contributed by atoms with Crippen LogP contribution in [0, 0.1) is 6.92 Å². The van der Waals surface area contributed by atoms with Crippen molar-refractivity contribution in [1.29, 1.82) is 0 Å². The van der Waals surface area contributed by atoms with Crippen LogP contribution >= 0.6 is 11.3 Å². The molecule has 2 heterocycles. The summed E-state index contributed by atoms with van der Waals surface area (Å²) in [4.78, 5) is 24.6. The Kier molecular flexibility index (Phi) is 3.96. The number of nitrogen functional groups attached to an aromatic ring is 1. The number of ether oxygens (including phenoxy) is 2. The van der Waals surface area contributed by atoms with Gasteiger partial charge in [-0.3, -0.25) is 4.79 Å². The Morgan fingerprint density at radius 3 is 3.00 bits per heavy atom. The number of carbonyl (C=O) groups is 2. The van der Waals surface area contributed by atoms with E-state index in [0.717, 1.165) is 16.0 Å². The van der Waals surface area contributed by atoms with Crippen LogP contribution in [0.5, 0.6) is 5.75 Å². The monoisotopic (exact) mass is 332 g/mol. The van der Waals surface area contributed by atoms with Gasteiger partial charge in [-0.1, -0.05) is 6.07 Å². The van der Waals surface area contributed by atoms with Crippen molar-refractivity contribution in [2.75, 3.05) is 24.3 Å². The first-order valence-corrected chi connectivity index (χ1v) is 7.96. The Balaban J connectivity index is 2.10. The van der Waals surface area contributed by atoms with Gasteiger partial charge in [0.25, 0.3) is 5.91 Å². The van der Waals surface area contributed by atoms with Crippen molar-refractivity contribution in [2.45, 2.75) is 13.8 Å². The Hall–Kier alpha value is -2.54. The first kappa shape index (κ1) is 15.4. The fraction of sp³-hybridized carbons (Fsp3) is 0.250. The lowest BCUT2D eigenvalue weighted by Gasteiger charge is -2.18. The predicted octanol–water partition coefficient (Wildman–Crippen LogP) is 2.81. The number of hydrogen-bond acceptors (Lipinski definition) is 6. The zero-order chi connectivity index (χ0) is 16.6. The number of thiophene rings is 1. The molecule has 120 valence electrons. The smallest absolute Gasteiger partial charge is 0.341 e. The molecule has 23 heavy (non-hydrogen) atoms. The van der Waals surface area contributed by atoms with Gasteiger partial charge in [0.15, 0.2) is 6.61 Å². The van der Waals surface area contributed by atoms with Crippen molar-refractivity contribution < 1.29 is 19.1 Å². The molecule has 0 spiro atoms. The lowest BCUT2D eigenvalue weighted by molar-refractivity contribution is -0.118. The van der Waals surface area contributed by atoms with E-state index in [1.165, 1.54) is 11.3 Å². The molecular formula is C16H16N2O4S. The highest BCUT2D eigenvalue weighted by Crippen LogP contribution is 2.41. The van der Waals surface area contributed by atoms with E-state index >= 15 is 0 Å². The fourth-order valence-electron chi connectivity index (χ4n) is 2.56. The highest BCUT2D eigenvalue weighted by Gasteiger charge is 2.24. The van der Waals surface area contributed by atoms with Gasteiger partial charge in [-0.25, -0.2) is 4.79 Å². The summed E-state index contributed by atoms with van der Waals surface area (Å²) in [6.45, 7) is 3.93. The zero-order valence-electron chi connectivity index (χ0n) is 12.8. The summed E-state index contributed by atoms with van der Waals surface area (Å²) in [7, 11) is 0. The molecule has 1 aromatic heterocycles. The van der Waals surface area contributed by atoms with Crippen molar-refractivity contribution in [3.05, 3.63) is 28.6 Å². The molecule has 3 rings (SSSR count). The fourth-order valence-corrected chi connectivity index (χ4v) is 3.50. The molecule has 7 heteroatoms. The maximum atomic E-state index is 12.2. The second-order valence-electron chi connectivity index (χ2n) is 5.04. The highest BCUT2D eigenvalue weighted by molar-refractivity contribution is 7.16. The zero-order valence-corrected chi connectivity index (χ0v) is 13.6. The Bertz CT molecular complexity index is 798. The highest BCUT2D eigenvalue weighted by atomic mass is 32.1. The van der Waals surface area contributed by atoms with Crippen LogP contribution in [-0.4, -0.2) is 25.1 Å². The Morgan fingerprint density at radius 1 is 1.48 bits per heavy atom. The third-order valence-electron chi connectivity index (χ3n) is 3.49. The number of hydrogen-bond donors (Lipinski definition) is 2. The van der Waals surface area contributed by atoms with E-state index in [1.807, 2.05) is 13.0 Å². The number of anilines is 2. The van der Waals surface area contributed by atoms with Gasteiger partial charge in [0.05, 0.1) is 12.3 Å². The van der Waals surface area contributed by atoms with Crippen LogP contribution < -0.4 is 15.8 Å². The molecule has 0 unspecified atom stereocenters. The van der Waals surface area contributed by atoms with E-state index < -0.39 is 5.97 Å². The van der Waals surface area contributed by atoms with Crippen LogP contribution in [0.3, 0.4) is 0 Å². The number of carbonyl (C=O) groups excluding carboxylic acids is 2. The molecule has 0 radical (unpaired) electrons. The summed E-state index contributed by atoms with van der Waals surface area (Å²) in [5.74, 6) is -0.0453. The van der Waals surface area contributed by atoms with Gasteiger partial charge in [-0.2, -0.15) is 0 Å². The van der Waals surface area contributed by atoms with Gasteiger partial charge < -0.3 is 20.5 Å². The maximum Gasteiger partial charge on any atom is 0.341 e. The number of esters is 1. The summed E-state index contributed by atoms with van der Waals surface area (Å²) in [5, 5.41) is 3.19. The van der Waals surface area contributed by atoms with Gasteiger partial charge in [0, 0.05) is 10.4 Å². The number of rotatable bonds is 3. The normalized spacial score (nSPS) is 13.0. The summed E-state index contributed by atoms with van der Waals surface area (Å²) in [6.07, 6.45) is 0. The number of aryl methyl sites for hydroxylation is 1. The number of nitrogens with two attached hydrogens (primary N) is 1. The molecule has 0 saturated carbocycles. The van der Waals surface area contributed by atoms with Crippen molar-refractivity contribution in [3.63, 3.8) is 0 Å². The van der Waals surface area contributed by atoms with Gasteiger partial charge >= 0.3 is 5.97 Å². The second-order valence-corrected chi connectivity index (χ2v) is 6.30. The topological polar surface area (TPSA) is 90.6 Å². The van der Waals surface area contributed by atoms with Gasteiger partial charge in [-0.15, -0.1) is 11.3 Å². The van der Waals surface area contributed by atoms with Crippen molar-refractivity contribution >= 4 is 33.9 Å². The van der Waals surface area contributed by atoms with Crippen LogP contribution in [-0.2, 0) is 9.53 Å². The molecule has 3 N–H and O–H groups in total. The van der Waals surface area contributed by atoms with Crippen molar-refractivity contribution in [3.8, 4) is 16.9 Å². The first-order chi connectivity index (χ1) is 11.0.